The van der Waals surface area contributed by atoms with Gasteiger partial charge in [-0.25, -0.2) is 17.7 Å². The summed E-state index contributed by atoms with van der Waals surface area (Å²) in [5.41, 5.74) is 3.62. The maximum Gasteiger partial charge on any atom is 0.266 e. The highest BCUT2D eigenvalue weighted by atomic mass is 32.2. The molecule has 0 unspecified atom stereocenters. The van der Waals surface area contributed by atoms with Crippen LogP contribution in [0, 0.1) is 0 Å². The molecule has 4 aromatic rings. The minimum absolute atomic E-state index is 0.136. The Balaban J connectivity index is 1.51. The fraction of sp³-hybridized carbons (Fsp3) is 0.148. The molecule has 0 radical (unpaired) electrons. The number of methoxy groups -OCH3 is 1. The van der Waals surface area contributed by atoms with Crippen LogP contribution in [-0.2, 0) is 16.6 Å². The van der Waals surface area contributed by atoms with Crippen LogP contribution in [0.5, 0.6) is 11.5 Å². The molecule has 1 aliphatic rings. The SMILES string of the molecule is C=Cc1ccccc1N1CCOc2cc(S(=O)(=O)N(Cc3ccc(OC)cc3)c3nccs3)ccc21. The molecule has 7 nitrogen and oxygen atoms in total. The van der Waals surface area contributed by atoms with Crippen LogP contribution in [0.2, 0.25) is 0 Å². The molecule has 0 spiro atoms. The number of aromatic nitrogens is 1. The van der Waals surface area contributed by atoms with Crippen molar-refractivity contribution in [2.24, 2.45) is 0 Å². The Morgan fingerprint density at radius 2 is 1.94 bits per heavy atom. The molecule has 3 aromatic carbocycles. The molecule has 0 saturated carbocycles. The number of hydrogen-bond donors (Lipinski definition) is 0. The highest BCUT2D eigenvalue weighted by molar-refractivity contribution is 7.93. The minimum atomic E-state index is -3.93. The second kappa shape index (κ2) is 10.0. The average molecular weight is 520 g/mol. The molecule has 0 atom stereocenters. The van der Waals surface area contributed by atoms with Gasteiger partial charge in [0.2, 0.25) is 0 Å². The summed E-state index contributed by atoms with van der Waals surface area (Å²) in [6.07, 6.45) is 3.41. The van der Waals surface area contributed by atoms with Crippen molar-refractivity contribution in [3.05, 3.63) is 96.0 Å². The molecule has 0 N–H and O–H groups in total. The first kappa shape index (κ1) is 23.9. The van der Waals surface area contributed by atoms with Crippen LogP contribution in [0.15, 0.2) is 89.8 Å². The number of fused-ring (bicyclic) bond motifs is 1. The average Bonchev–Trinajstić information content (AvgIpc) is 3.46. The molecule has 0 bridgehead atoms. The van der Waals surface area contributed by atoms with E-state index in [1.807, 2.05) is 54.6 Å². The zero-order valence-corrected chi connectivity index (χ0v) is 21.3. The minimum Gasteiger partial charge on any atom is -0.497 e. The van der Waals surface area contributed by atoms with Gasteiger partial charge in [-0.3, -0.25) is 0 Å². The molecule has 1 aliphatic heterocycles. The molecular formula is C27H25N3O4S2. The van der Waals surface area contributed by atoms with E-state index >= 15 is 0 Å². The van der Waals surface area contributed by atoms with E-state index in [9.17, 15) is 8.42 Å². The Morgan fingerprint density at radius 3 is 2.67 bits per heavy atom. The molecule has 5 rings (SSSR count). The van der Waals surface area contributed by atoms with Crippen molar-refractivity contribution in [1.82, 2.24) is 4.98 Å². The molecule has 0 saturated heterocycles. The van der Waals surface area contributed by atoms with E-state index in [1.54, 1.807) is 36.9 Å². The molecule has 2 heterocycles. The van der Waals surface area contributed by atoms with E-state index in [4.69, 9.17) is 9.47 Å². The predicted octanol–water partition coefficient (Wildman–Crippen LogP) is 5.72. The lowest BCUT2D eigenvalue weighted by Crippen LogP contribution is -2.32. The molecule has 184 valence electrons. The molecule has 0 aliphatic carbocycles. The second-order valence-corrected chi connectivity index (χ2v) is 10.8. The van der Waals surface area contributed by atoms with Crippen LogP contribution >= 0.6 is 11.3 Å². The number of thiazole rings is 1. The zero-order chi connectivity index (χ0) is 25.1. The molecule has 9 heteroatoms. The Morgan fingerprint density at radius 1 is 1.14 bits per heavy atom. The number of anilines is 3. The van der Waals surface area contributed by atoms with Crippen LogP contribution < -0.4 is 18.7 Å². The van der Waals surface area contributed by atoms with E-state index in [1.165, 1.54) is 15.6 Å². The van der Waals surface area contributed by atoms with Crippen molar-refractivity contribution in [3.63, 3.8) is 0 Å². The van der Waals surface area contributed by atoms with Gasteiger partial charge in [-0.15, -0.1) is 11.3 Å². The fourth-order valence-corrected chi connectivity index (χ4v) is 6.43. The van der Waals surface area contributed by atoms with Gasteiger partial charge in [-0.2, -0.15) is 0 Å². The third-order valence-corrected chi connectivity index (χ3v) is 8.59. The van der Waals surface area contributed by atoms with Crippen LogP contribution in [0.3, 0.4) is 0 Å². The quantitative estimate of drug-likeness (QED) is 0.297. The van der Waals surface area contributed by atoms with E-state index in [2.05, 4.69) is 16.5 Å². The van der Waals surface area contributed by atoms with Crippen molar-refractivity contribution in [1.29, 1.82) is 0 Å². The molecule has 36 heavy (non-hydrogen) atoms. The Labute approximate surface area is 214 Å². The summed E-state index contributed by atoms with van der Waals surface area (Å²) in [4.78, 5) is 6.56. The number of ether oxygens (including phenoxy) is 2. The van der Waals surface area contributed by atoms with Gasteiger partial charge in [0.25, 0.3) is 10.0 Å². The normalized spacial score (nSPS) is 13.0. The number of rotatable bonds is 8. The number of sulfonamides is 1. The molecule has 1 aromatic heterocycles. The summed E-state index contributed by atoms with van der Waals surface area (Å²) in [5.74, 6) is 1.22. The van der Waals surface area contributed by atoms with Gasteiger partial charge in [0.15, 0.2) is 5.13 Å². The number of nitrogens with zero attached hydrogens (tertiary/aromatic N) is 3. The highest BCUT2D eigenvalue weighted by Gasteiger charge is 2.30. The third-order valence-electron chi connectivity index (χ3n) is 5.95. The van der Waals surface area contributed by atoms with Crippen LogP contribution in [0.4, 0.5) is 16.5 Å². The summed E-state index contributed by atoms with van der Waals surface area (Å²) in [7, 11) is -2.34. The summed E-state index contributed by atoms with van der Waals surface area (Å²) in [6.45, 7) is 5.14. The number of para-hydroxylation sites is 1. The van der Waals surface area contributed by atoms with Gasteiger partial charge >= 0.3 is 0 Å². The lowest BCUT2D eigenvalue weighted by Gasteiger charge is -2.33. The monoisotopic (exact) mass is 519 g/mol. The first-order valence-corrected chi connectivity index (χ1v) is 13.6. The van der Waals surface area contributed by atoms with Crippen molar-refractivity contribution in [2.45, 2.75) is 11.4 Å². The zero-order valence-electron chi connectivity index (χ0n) is 19.7. The van der Waals surface area contributed by atoms with Gasteiger partial charge in [-0.1, -0.05) is 43.0 Å². The maximum atomic E-state index is 13.9. The van der Waals surface area contributed by atoms with Crippen LogP contribution in [-0.4, -0.2) is 33.7 Å². The first-order valence-electron chi connectivity index (χ1n) is 11.3. The van der Waals surface area contributed by atoms with E-state index in [-0.39, 0.29) is 11.4 Å². The summed E-state index contributed by atoms with van der Waals surface area (Å²) in [6, 6.07) is 20.3. The summed E-state index contributed by atoms with van der Waals surface area (Å²) < 4.78 is 40.2. The number of hydrogen-bond acceptors (Lipinski definition) is 7. The van der Waals surface area contributed by atoms with Crippen LogP contribution in [0.25, 0.3) is 6.08 Å². The van der Waals surface area contributed by atoms with Gasteiger partial charge < -0.3 is 14.4 Å². The standard InChI is InChI=1S/C27H25N3O4S2/c1-3-21-6-4-5-7-24(21)29-15-16-34-26-18-23(12-13-25(26)29)36(31,32)30(27-28-14-17-35-27)19-20-8-10-22(33-2)11-9-20/h3-14,17-18H,1,15-16,19H2,2H3. The van der Waals surface area contributed by atoms with Crippen molar-refractivity contribution < 1.29 is 17.9 Å². The van der Waals surface area contributed by atoms with Gasteiger partial charge in [0.1, 0.15) is 18.1 Å². The number of benzene rings is 3. The maximum absolute atomic E-state index is 13.9. The molecule has 0 fully saturated rings. The van der Waals surface area contributed by atoms with Crippen molar-refractivity contribution in [2.75, 3.05) is 29.5 Å². The third kappa shape index (κ3) is 4.55. The largest absolute Gasteiger partial charge is 0.497 e. The summed E-state index contributed by atoms with van der Waals surface area (Å²) in [5, 5.41) is 2.16. The lowest BCUT2D eigenvalue weighted by atomic mass is 10.1. The molecular weight excluding hydrogens is 494 g/mol. The fourth-order valence-electron chi connectivity index (χ4n) is 4.14. The highest BCUT2D eigenvalue weighted by Crippen LogP contribution is 2.40. The molecule has 0 amide bonds. The summed E-state index contributed by atoms with van der Waals surface area (Å²) >= 11 is 1.27. The van der Waals surface area contributed by atoms with Gasteiger partial charge in [-0.05, 0) is 41.5 Å². The van der Waals surface area contributed by atoms with Gasteiger partial charge in [0, 0.05) is 23.3 Å². The lowest BCUT2D eigenvalue weighted by molar-refractivity contribution is 0.313. The van der Waals surface area contributed by atoms with Crippen LogP contribution in [0.1, 0.15) is 11.1 Å². The Bertz CT molecular complexity index is 1470. The predicted molar refractivity (Wildman–Crippen MR) is 144 cm³/mol. The smallest absolute Gasteiger partial charge is 0.266 e. The van der Waals surface area contributed by atoms with Crippen molar-refractivity contribution >= 4 is 43.9 Å². The van der Waals surface area contributed by atoms with E-state index < -0.39 is 10.0 Å². The van der Waals surface area contributed by atoms with E-state index in [0.717, 1.165) is 22.5 Å². The first-order chi connectivity index (χ1) is 17.5. The van der Waals surface area contributed by atoms with Gasteiger partial charge in [0.05, 0.1) is 30.8 Å². The van der Waals surface area contributed by atoms with E-state index in [0.29, 0.717) is 29.8 Å². The Hall–Kier alpha value is -3.82. The van der Waals surface area contributed by atoms with Crippen molar-refractivity contribution in [3.8, 4) is 11.5 Å². The topological polar surface area (TPSA) is 72.0 Å². The Kier molecular flexibility index (Phi) is 6.67. The second-order valence-electron chi connectivity index (χ2n) is 8.07.